The number of carbonyl (C=O) groups is 1. The van der Waals surface area contributed by atoms with Crippen LogP contribution in [-0.4, -0.2) is 60.5 Å². The second-order valence-electron chi connectivity index (χ2n) is 8.49. The van der Waals surface area contributed by atoms with Crippen LogP contribution in [0, 0.1) is 5.92 Å². The lowest BCUT2D eigenvalue weighted by atomic mass is 10.1. The van der Waals surface area contributed by atoms with Crippen molar-refractivity contribution in [2.24, 2.45) is 5.92 Å². The maximum absolute atomic E-state index is 13.1. The first-order chi connectivity index (χ1) is 15.7. The van der Waals surface area contributed by atoms with Crippen LogP contribution in [0.4, 0.5) is 5.69 Å². The lowest BCUT2D eigenvalue weighted by molar-refractivity contribution is 0.0631. The Bertz CT molecular complexity index is 1100. The van der Waals surface area contributed by atoms with Crippen molar-refractivity contribution >= 4 is 34.4 Å². The largest absolute Gasteiger partial charge is 0.495 e. The van der Waals surface area contributed by atoms with Crippen LogP contribution in [0.2, 0.25) is 0 Å². The summed E-state index contributed by atoms with van der Waals surface area (Å²) in [6.45, 7) is 4.71. The third-order valence-corrected chi connectivity index (χ3v) is 7.06. The first-order valence-electron chi connectivity index (χ1n) is 11.2. The first kappa shape index (κ1) is 21.1. The molecule has 0 spiro atoms. The van der Waals surface area contributed by atoms with Gasteiger partial charge in [-0.2, -0.15) is 0 Å². The predicted molar refractivity (Wildman–Crippen MR) is 129 cm³/mol. The van der Waals surface area contributed by atoms with Gasteiger partial charge in [0.1, 0.15) is 5.75 Å². The molecule has 7 heteroatoms. The fourth-order valence-electron chi connectivity index (χ4n) is 4.16. The summed E-state index contributed by atoms with van der Waals surface area (Å²) < 4.78 is 8.96. The number of aromatic nitrogens is 1. The molecule has 0 unspecified atom stereocenters. The molecule has 1 aliphatic heterocycles. The van der Waals surface area contributed by atoms with Gasteiger partial charge in [-0.25, -0.2) is 0 Å². The number of carbonyl (C=O) groups excluding carboxylic acids is 1. The van der Waals surface area contributed by atoms with Crippen molar-refractivity contribution in [3.05, 3.63) is 60.3 Å². The lowest BCUT2D eigenvalue weighted by Gasteiger charge is -2.34. The van der Waals surface area contributed by atoms with E-state index in [4.69, 9.17) is 4.74 Å². The van der Waals surface area contributed by atoms with Crippen LogP contribution in [0.5, 0.6) is 5.75 Å². The Morgan fingerprint density at radius 1 is 1.12 bits per heavy atom. The summed E-state index contributed by atoms with van der Waals surface area (Å²) in [6, 6.07) is 15.8. The lowest BCUT2D eigenvalue weighted by Crippen LogP contribution is -2.49. The summed E-state index contributed by atoms with van der Waals surface area (Å²) in [5, 5.41) is 1.10. The van der Waals surface area contributed by atoms with Crippen LogP contribution in [0.1, 0.15) is 23.2 Å². The standard InChI is InChI=1S/C25H28N4O2S/c1-31-22-16-20(25(30)29-14-12-28(13-15-29)17-18-7-8-18)9-10-21(22)27-32-23-6-2-4-19-5-3-11-26-24(19)23/h2-6,9-11,16,18,27H,7-8,12-15,17H2,1H3. The second-order valence-corrected chi connectivity index (χ2v) is 9.33. The van der Waals surface area contributed by atoms with Gasteiger partial charge < -0.3 is 14.4 Å². The van der Waals surface area contributed by atoms with Crippen molar-refractivity contribution in [1.82, 2.24) is 14.8 Å². The van der Waals surface area contributed by atoms with Crippen LogP contribution < -0.4 is 9.46 Å². The van der Waals surface area contributed by atoms with Crippen LogP contribution in [0.3, 0.4) is 0 Å². The van der Waals surface area contributed by atoms with E-state index < -0.39 is 0 Å². The van der Waals surface area contributed by atoms with E-state index in [9.17, 15) is 4.79 Å². The SMILES string of the molecule is COc1cc(C(=O)N2CCN(CC3CC3)CC2)ccc1NSc1cccc2cccnc12. The number of rotatable bonds is 7. The number of hydrogen-bond donors (Lipinski definition) is 1. The number of fused-ring (bicyclic) bond motifs is 1. The number of ether oxygens (including phenoxy) is 1. The Kier molecular flexibility index (Phi) is 6.19. The minimum atomic E-state index is 0.0758. The Labute approximate surface area is 193 Å². The number of pyridine rings is 1. The first-order valence-corrected chi connectivity index (χ1v) is 12.0. The highest BCUT2D eigenvalue weighted by Gasteiger charge is 2.28. The summed E-state index contributed by atoms with van der Waals surface area (Å²) in [7, 11) is 1.63. The second kappa shape index (κ2) is 9.38. The van der Waals surface area contributed by atoms with E-state index in [0.717, 1.165) is 53.6 Å². The third-order valence-electron chi connectivity index (χ3n) is 6.19. The van der Waals surface area contributed by atoms with Crippen molar-refractivity contribution in [2.75, 3.05) is 44.6 Å². The number of methoxy groups -OCH3 is 1. The van der Waals surface area contributed by atoms with Crippen molar-refractivity contribution in [3.8, 4) is 5.75 Å². The number of nitrogens with one attached hydrogen (secondary N) is 1. The molecule has 0 radical (unpaired) electrons. The Morgan fingerprint density at radius 3 is 2.72 bits per heavy atom. The average molecular weight is 449 g/mol. The summed E-state index contributed by atoms with van der Waals surface area (Å²) in [4.78, 5) is 23.1. The van der Waals surface area contributed by atoms with Gasteiger partial charge in [0, 0.05) is 49.9 Å². The molecule has 0 bridgehead atoms. The van der Waals surface area contributed by atoms with Crippen molar-refractivity contribution in [1.29, 1.82) is 0 Å². The van der Waals surface area contributed by atoms with Crippen LogP contribution in [-0.2, 0) is 0 Å². The van der Waals surface area contributed by atoms with Crippen LogP contribution in [0.15, 0.2) is 59.6 Å². The quantitative estimate of drug-likeness (QED) is 0.536. The van der Waals surface area contributed by atoms with Gasteiger partial charge >= 0.3 is 0 Å². The van der Waals surface area contributed by atoms with Crippen molar-refractivity contribution in [3.63, 3.8) is 0 Å². The molecular weight excluding hydrogens is 420 g/mol. The van der Waals surface area contributed by atoms with Crippen molar-refractivity contribution in [2.45, 2.75) is 17.7 Å². The van der Waals surface area contributed by atoms with Crippen molar-refractivity contribution < 1.29 is 9.53 Å². The molecule has 1 saturated carbocycles. The van der Waals surface area contributed by atoms with E-state index in [-0.39, 0.29) is 5.91 Å². The van der Waals surface area contributed by atoms with Gasteiger partial charge in [-0.05, 0) is 61.0 Å². The molecule has 32 heavy (non-hydrogen) atoms. The maximum atomic E-state index is 13.1. The molecule has 5 rings (SSSR count). The molecule has 3 aromatic rings. The molecule has 1 N–H and O–H groups in total. The molecule has 6 nitrogen and oxygen atoms in total. The van der Waals surface area contributed by atoms with E-state index >= 15 is 0 Å². The molecule has 0 atom stereocenters. The predicted octanol–water partition coefficient (Wildman–Crippen LogP) is 4.53. The van der Waals surface area contributed by atoms with E-state index in [1.54, 1.807) is 13.3 Å². The zero-order chi connectivity index (χ0) is 21.9. The van der Waals surface area contributed by atoms with E-state index in [2.05, 4.69) is 26.7 Å². The maximum Gasteiger partial charge on any atom is 0.254 e. The van der Waals surface area contributed by atoms with Crippen LogP contribution in [0.25, 0.3) is 10.9 Å². The molecule has 2 heterocycles. The zero-order valence-corrected chi connectivity index (χ0v) is 19.1. The minimum absolute atomic E-state index is 0.0758. The highest BCUT2D eigenvalue weighted by Crippen LogP contribution is 2.33. The van der Waals surface area contributed by atoms with Gasteiger partial charge in [0.15, 0.2) is 0 Å². The zero-order valence-electron chi connectivity index (χ0n) is 18.3. The van der Waals surface area contributed by atoms with Gasteiger partial charge in [0.05, 0.1) is 23.2 Å². The van der Waals surface area contributed by atoms with E-state index in [0.29, 0.717) is 11.3 Å². The highest BCUT2D eigenvalue weighted by atomic mass is 32.2. The van der Waals surface area contributed by atoms with Gasteiger partial charge in [-0.3, -0.25) is 14.7 Å². The summed E-state index contributed by atoms with van der Waals surface area (Å²) in [5.41, 5.74) is 2.45. The molecule has 1 amide bonds. The number of hydrogen-bond acceptors (Lipinski definition) is 6. The Hall–Kier alpha value is -2.77. The number of amides is 1. The van der Waals surface area contributed by atoms with E-state index in [1.165, 1.54) is 31.3 Å². The molecule has 2 aliphatic rings. The van der Waals surface area contributed by atoms with Gasteiger partial charge in [0.2, 0.25) is 0 Å². The van der Waals surface area contributed by atoms with E-state index in [1.807, 2.05) is 41.3 Å². The average Bonchev–Trinajstić information content (AvgIpc) is 3.66. The Morgan fingerprint density at radius 2 is 1.94 bits per heavy atom. The van der Waals surface area contributed by atoms with Gasteiger partial charge in [0.25, 0.3) is 5.91 Å². The van der Waals surface area contributed by atoms with Crippen LogP contribution >= 0.6 is 11.9 Å². The molecule has 2 fully saturated rings. The molecular formula is C25H28N4O2S. The number of anilines is 1. The normalized spacial score (nSPS) is 16.8. The summed E-state index contributed by atoms with van der Waals surface area (Å²) in [5.74, 6) is 1.62. The summed E-state index contributed by atoms with van der Waals surface area (Å²) >= 11 is 1.49. The number of para-hydroxylation sites is 1. The smallest absolute Gasteiger partial charge is 0.254 e. The molecule has 166 valence electrons. The fourth-order valence-corrected chi connectivity index (χ4v) is 4.96. The number of piperazine rings is 1. The topological polar surface area (TPSA) is 57.7 Å². The molecule has 1 saturated heterocycles. The molecule has 1 aliphatic carbocycles. The molecule has 2 aromatic carbocycles. The minimum Gasteiger partial charge on any atom is -0.495 e. The fraction of sp³-hybridized carbons (Fsp3) is 0.360. The number of benzene rings is 2. The Balaban J connectivity index is 1.25. The molecule has 1 aromatic heterocycles. The number of nitrogens with zero attached hydrogens (tertiary/aromatic N) is 3. The highest BCUT2D eigenvalue weighted by molar-refractivity contribution is 8.00. The third kappa shape index (κ3) is 4.69. The monoisotopic (exact) mass is 448 g/mol. The summed E-state index contributed by atoms with van der Waals surface area (Å²) in [6.07, 6.45) is 4.54. The van der Waals surface area contributed by atoms with Gasteiger partial charge in [-0.1, -0.05) is 18.2 Å². The van der Waals surface area contributed by atoms with Gasteiger partial charge in [-0.15, -0.1) is 0 Å².